The summed E-state index contributed by atoms with van der Waals surface area (Å²) in [4.78, 5) is 32.1. The van der Waals surface area contributed by atoms with E-state index in [1.165, 1.54) is 6.07 Å². The molecule has 1 saturated heterocycles. The first kappa shape index (κ1) is 21.2. The van der Waals surface area contributed by atoms with Gasteiger partial charge in [0.15, 0.2) is 0 Å². The summed E-state index contributed by atoms with van der Waals surface area (Å²) in [6, 6.07) is 11.1. The number of carbonyl (C=O) groups excluding carboxylic acids is 1. The van der Waals surface area contributed by atoms with E-state index in [-0.39, 0.29) is 29.3 Å². The Kier molecular flexibility index (Phi) is 5.85. The molecule has 0 spiro atoms. The lowest BCUT2D eigenvalue weighted by molar-refractivity contribution is -0.132. The third-order valence-corrected chi connectivity index (χ3v) is 6.10. The number of benzene rings is 1. The third kappa shape index (κ3) is 4.09. The number of fused-ring (bicyclic) bond motifs is 1. The fourth-order valence-electron chi connectivity index (χ4n) is 4.70. The molecule has 0 saturated carbocycles. The van der Waals surface area contributed by atoms with Crippen LogP contribution < -0.4 is 5.56 Å². The number of nitrogens with zero attached hydrogens (tertiary/aromatic N) is 4. The van der Waals surface area contributed by atoms with Gasteiger partial charge < -0.3 is 19.1 Å². The summed E-state index contributed by atoms with van der Waals surface area (Å²) >= 11 is 0. The monoisotopic (exact) mass is 422 g/mol. The minimum atomic E-state index is -0.241. The summed E-state index contributed by atoms with van der Waals surface area (Å²) in [6.07, 6.45) is 2.84. The first-order valence-electron chi connectivity index (χ1n) is 11.0. The van der Waals surface area contributed by atoms with Crippen molar-refractivity contribution in [1.82, 2.24) is 19.0 Å². The van der Waals surface area contributed by atoms with Crippen molar-refractivity contribution in [3.05, 3.63) is 58.3 Å². The fraction of sp³-hybridized carbons (Fsp3) is 0.458. The van der Waals surface area contributed by atoms with Crippen LogP contribution in [-0.4, -0.2) is 36.6 Å². The van der Waals surface area contributed by atoms with Gasteiger partial charge >= 0.3 is 0 Å². The van der Waals surface area contributed by atoms with E-state index in [2.05, 4.69) is 24.5 Å². The van der Waals surface area contributed by atoms with E-state index in [9.17, 15) is 14.7 Å². The van der Waals surface area contributed by atoms with Crippen LogP contribution in [0.15, 0.2) is 41.2 Å². The molecule has 0 bridgehead atoms. The van der Waals surface area contributed by atoms with E-state index >= 15 is 0 Å². The Balaban J connectivity index is 1.50. The average Bonchev–Trinajstić information content (AvgIpc) is 3.33. The number of carbonyl (C=O) groups is 1. The summed E-state index contributed by atoms with van der Waals surface area (Å²) in [7, 11) is 0. The van der Waals surface area contributed by atoms with Gasteiger partial charge in [-0.05, 0) is 58.2 Å². The second-order valence-corrected chi connectivity index (χ2v) is 8.62. The van der Waals surface area contributed by atoms with E-state index in [1.807, 2.05) is 23.1 Å². The minimum Gasteiger partial charge on any atom is -0.508 e. The Labute approximate surface area is 181 Å². The molecule has 1 fully saturated rings. The molecule has 3 heterocycles. The zero-order valence-corrected chi connectivity index (χ0v) is 18.4. The number of aryl methyl sites for hydroxylation is 1. The molecule has 31 heavy (non-hydrogen) atoms. The van der Waals surface area contributed by atoms with Crippen LogP contribution in [0.3, 0.4) is 0 Å². The predicted octanol–water partition coefficient (Wildman–Crippen LogP) is 3.94. The molecule has 1 aliphatic heterocycles. The number of hydrogen-bond acceptors (Lipinski definition) is 4. The van der Waals surface area contributed by atoms with E-state index in [0.29, 0.717) is 25.1 Å². The van der Waals surface area contributed by atoms with Crippen LogP contribution in [0.25, 0.3) is 11.0 Å². The normalized spacial score (nSPS) is 16.5. The Hall–Kier alpha value is -3.09. The van der Waals surface area contributed by atoms with Gasteiger partial charge in [0.05, 0.1) is 17.1 Å². The number of pyridine rings is 1. The summed E-state index contributed by atoms with van der Waals surface area (Å²) in [5.74, 6) is 1.05. The van der Waals surface area contributed by atoms with E-state index in [0.717, 1.165) is 36.2 Å². The maximum absolute atomic E-state index is 13.1. The van der Waals surface area contributed by atoms with E-state index in [4.69, 9.17) is 4.98 Å². The maximum atomic E-state index is 13.1. The topological polar surface area (TPSA) is 80.4 Å². The molecule has 0 radical (unpaired) electrons. The molecule has 0 aliphatic carbocycles. The highest BCUT2D eigenvalue weighted by molar-refractivity contribution is 5.78. The zero-order chi connectivity index (χ0) is 22.1. The van der Waals surface area contributed by atoms with Crippen molar-refractivity contribution in [2.24, 2.45) is 0 Å². The van der Waals surface area contributed by atoms with Crippen molar-refractivity contribution < 1.29 is 9.90 Å². The molecule has 7 nitrogen and oxygen atoms in total. The molecule has 1 aliphatic rings. The Morgan fingerprint density at radius 2 is 2.03 bits per heavy atom. The molecule has 3 aromatic rings. The molecular weight excluding hydrogens is 392 g/mol. The van der Waals surface area contributed by atoms with Gasteiger partial charge in [-0.25, -0.2) is 4.98 Å². The van der Waals surface area contributed by atoms with Crippen molar-refractivity contribution in [3.8, 4) is 5.75 Å². The molecule has 1 atom stereocenters. The van der Waals surface area contributed by atoms with Crippen molar-refractivity contribution in [2.75, 3.05) is 6.54 Å². The van der Waals surface area contributed by atoms with Crippen molar-refractivity contribution in [1.29, 1.82) is 0 Å². The van der Waals surface area contributed by atoms with Crippen LogP contribution >= 0.6 is 0 Å². The van der Waals surface area contributed by atoms with Gasteiger partial charge in [0.1, 0.15) is 11.6 Å². The third-order valence-electron chi connectivity index (χ3n) is 6.10. The number of likely N-dealkylation sites (tertiary alicyclic amines) is 1. The zero-order valence-electron chi connectivity index (χ0n) is 18.4. The molecule has 4 rings (SSSR count). The van der Waals surface area contributed by atoms with Gasteiger partial charge in [0, 0.05) is 37.3 Å². The Bertz CT molecular complexity index is 1160. The molecular formula is C24H30N4O3. The largest absolute Gasteiger partial charge is 0.508 e. The Morgan fingerprint density at radius 1 is 1.26 bits per heavy atom. The van der Waals surface area contributed by atoms with Gasteiger partial charge in [-0.15, -0.1) is 0 Å². The highest BCUT2D eigenvalue weighted by atomic mass is 16.3. The summed E-state index contributed by atoms with van der Waals surface area (Å²) in [5.41, 5.74) is 2.53. The van der Waals surface area contributed by atoms with Crippen LogP contribution in [0.2, 0.25) is 0 Å². The quantitative estimate of drug-likeness (QED) is 0.653. The maximum Gasteiger partial charge on any atom is 0.254 e. The van der Waals surface area contributed by atoms with Gasteiger partial charge in [-0.3, -0.25) is 9.59 Å². The van der Waals surface area contributed by atoms with Gasteiger partial charge in [0.25, 0.3) is 5.56 Å². The lowest BCUT2D eigenvalue weighted by Crippen LogP contribution is -2.32. The van der Waals surface area contributed by atoms with Gasteiger partial charge in [0.2, 0.25) is 5.91 Å². The van der Waals surface area contributed by atoms with Crippen LogP contribution in [0.1, 0.15) is 63.1 Å². The second-order valence-electron chi connectivity index (χ2n) is 8.62. The number of aromatic hydroxyl groups is 1. The predicted molar refractivity (Wildman–Crippen MR) is 120 cm³/mol. The molecule has 0 unspecified atom stereocenters. The lowest BCUT2D eigenvalue weighted by atomic mass is 10.1. The van der Waals surface area contributed by atoms with Gasteiger partial charge in [-0.1, -0.05) is 12.1 Å². The number of hydrogen-bond donors (Lipinski definition) is 1. The summed E-state index contributed by atoms with van der Waals surface area (Å²) in [5, 5.41) is 9.54. The number of imidazole rings is 1. The van der Waals surface area contributed by atoms with Crippen LogP contribution in [-0.2, 0) is 11.3 Å². The first-order chi connectivity index (χ1) is 14.9. The average molecular weight is 423 g/mol. The minimum absolute atomic E-state index is 0.0135. The molecule has 1 aromatic carbocycles. The number of para-hydroxylation sites is 2. The standard InChI is InChI=1S/C24H30N4O3/c1-16(2)28-20-9-5-4-8-19(20)25-24(28)21-10-6-13-27(21)22(30)11-7-12-26-17(3)14-18(29)15-23(26)31/h4-5,8-9,14-16,21,29H,6-7,10-13H2,1-3H3/t21-/m1/s1. The molecule has 1 N–H and O–H groups in total. The van der Waals surface area contributed by atoms with Crippen LogP contribution in [0, 0.1) is 6.92 Å². The van der Waals surface area contributed by atoms with Crippen LogP contribution in [0.4, 0.5) is 0 Å². The number of rotatable bonds is 6. The van der Waals surface area contributed by atoms with Crippen LogP contribution in [0.5, 0.6) is 5.75 Å². The number of aromatic nitrogens is 3. The molecule has 7 heteroatoms. The highest BCUT2D eigenvalue weighted by Gasteiger charge is 2.33. The smallest absolute Gasteiger partial charge is 0.254 e. The van der Waals surface area contributed by atoms with E-state index < -0.39 is 0 Å². The van der Waals surface area contributed by atoms with Crippen molar-refractivity contribution >= 4 is 16.9 Å². The Morgan fingerprint density at radius 3 is 2.77 bits per heavy atom. The van der Waals surface area contributed by atoms with E-state index in [1.54, 1.807) is 17.6 Å². The lowest BCUT2D eigenvalue weighted by Gasteiger charge is -2.26. The van der Waals surface area contributed by atoms with Crippen molar-refractivity contribution in [3.63, 3.8) is 0 Å². The molecule has 164 valence electrons. The van der Waals surface area contributed by atoms with Crippen molar-refractivity contribution in [2.45, 2.75) is 65.1 Å². The molecule has 2 aromatic heterocycles. The molecule has 1 amide bonds. The fourth-order valence-corrected chi connectivity index (χ4v) is 4.70. The summed E-state index contributed by atoms with van der Waals surface area (Å²) in [6.45, 7) is 7.28. The number of amides is 1. The SMILES string of the molecule is Cc1cc(O)cc(=O)n1CCCC(=O)N1CCC[C@@H]1c1nc2ccccc2n1C(C)C. The highest BCUT2D eigenvalue weighted by Crippen LogP contribution is 2.35. The summed E-state index contributed by atoms with van der Waals surface area (Å²) < 4.78 is 3.86. The van der Waals surface area contributed by atoms with Gasteiger partial charge in [-0.2, -0.15) is 0 Å². The first-order valence-corrected chi connectivity index (χ1v) is 11.0. The second kappa shape index (κ2) is 8.57.